The molecule has 2 aromatic heterocycles. The highest BCUT2D eigenvalue weighted by atomic mass is 32.1. The molecule has 2 N–H and O–H groups in total. The number of rotatable bonds is 4. The fraction of sp³-hybridized carbons (Fsp3) is 0.0714. The molecule has 0 fully saturated rings. The summed E-state index contributed by atoms with van der Waals surface area (Å²) in [6.45, 7) is 0. The van der Waals surface area contributed by atoms with E-state index in [0.717, 1.165) is 41.6 Å². The van der Waals surface area contributed by atoms with Gasteiger partial charge in [0.15, 0.2) is 23.0 Å². The predicted molar refractivity (Wildman–Crippen MR) is 147 cm³/mol. The molecule has 0 aliphatic rings. The summed E-state index contributed by atoms with van der Waals surface area (Å²) in [7, 11) is 3.08. The Labute approximate surface area is 215 Å². The van der Waals surface area contributed by atoms with E-state index in [1.54, 1.807) is 46.9 Å². The first-order chi connectivity index (χ1) is 17.6. The minimum atomic E-state index is 0.141. The van der Waals surface area contributed by atoms with Crippen LogP contribution in [0.4, 0.5) is 0 Å². The number of para-hydroxylation sites is 2. The van der Waals surface area contributed by atoms with E-state index < -0.39 is 0 Å². The van der Waals surface area contributed by atoms with Gasteiger partial charge in [0.05, 0.1) is 34.7 Å². The van der Waals surface area contributed by atoms with Gasteiger partial charge in [-0.15, -0.1) is 22.7 Å². The lowest BCUT2D eigenvalue weighted by atomic mass is 10.2. The van der Waals surface area contributed by atoms with Crippen molar-refractivity contribution >= 4 is 43.1 Å². The highest BCUT2D eigenvalue weighted by molar-refractivity contribution is 7.22. The first-order valence-corrected chi connectivity index (χ1v) is 12.6. The van der Waals surface area contributed by atoms with Gasteiger partial charge in [0.1, 0.15) is 10.0 Å². The van der Waals surface area contributed by atoms with E-state index in [0.29, 0.717) is 11.5 Å². The Hall–Kier alpha value is -4.14. The standard InChI is InChI=1S/2C14H11NO2S/c2*1-17-12-8-9(6-7-11(12)16)14-15-10-4-2-3-5-13(10)18-14/h2*2-8,16H,1H3. The van der Waals surface area contributed by atoms with E-state index >= 15 is 0 Å². The quantitative estimate of drug-likeness (QED) is 0.256. The summed E-state index contributed by atoms with van der Waals surface area (Å²) >= 11 is 3.25. The molecule has 8 heteroatoms. The second kappa shape index (κ2) is 10.2. The zero-order chi connectivity index (χ0) is 25.1. The molecule has 0 amide bonds. The summed E-state index contributed by atoms with van der Waals surface area (Å²) in [5.41, 5.74) is 3.88. The number of phenols is 2. The zero-order valence-corrected chi connectivity index (χ0v) is 21.1. The maximum Gasteiger partial charge on any atom is 0.161 e. The second-order valence-electron chi connectivity index (χ2n) is 7.75. The summed E-state index contributed by atoms with van der Waals surface area (Å²) in [4.78, 5) is 9.14. The molecule has 0 bridgehead atoms. The lowest BCUT2D eigenvalue weighted by Crippen LogP contribution is -1.84. The number of aromatic nitrogens is 2. The van der Waals surface area contributed by atoms with Crippen molar-refractivity contribution in [3.63, 3.8) is 0 Å². The number of hydrogen-bond acceptors (Lipinski definition) is 8. The molecule has 0 spiro atoms. The molecular formula is C28H22N2O4S2. The topological polar surface area (TPSA) is 84.7 Å². The molecule has 0 saturated carbocycles. The van der Waals surface area contributed by atoms with E-state index in [9.17, 15) is 10.2 Å². The van der Waals surface area contributed by atoms with E-state index in [4.69, 9.17) is 9.47 Å². The average Bonchev–Trinajstić information content (AvgIpc) is 3.54. The number of benzene rings is 4. The monoisotopic (exact) mass is 514 g/mol. The third-order valence-corrected chi connectivity index (χ3v) is 7.61. The molecule has 6 aromatic rings. The van der Waals surface area contributed by atoms with Gasteiger partial charge in [-0.1, -0.05) is 24.3 Å². The lowest BCUT2D eigenvalue weighted by molar-refractivity contribution is 0.373. The van der Waals surface area contributed by atoms with E-state index in [1.807, 2.05) is 60.7 Å². The van der Waals surface area contributed by atoms with Crippen LogP contribution in [0.25, 0.3) is 41.6 Å². The minimum absolute atomic E-state index is 0.141. The first-order valence-electron chi connectivity index (χ1n) is 11.0. The Morgan fingerprint density at radius 1 is 0.583 bits per heavy atom. The third kappa shape index (κ3) is 4.82. The summed E-state index contributed by atoms with van der Waals surface area (Å²) in [5, 5.41) is 21.0. The minimum Gasteiger partial charge on any atom is -0.504 e. The Morgan fingerprint density at radius 3 is 1.39 bits per heavy atom. The third-order valence-electron chi connectivity index (χ3n) is 5.44. The van der Waals surface area contributed by atoms with Crippen LogP contribution >= 0.6 is 22.7 Å². The average molecular weight is 515 g/mol. The van der Waals surface area contributed by atoms with Crippen molar-refractivity contribution in [2.75, 3.05) is 14.2 Å². The Bertz CT molecular complexity index is 1470. The molecule has 180 valence electrons. The van der Waals surface area contributed by atoms with Crippen LogP contribution in [0.5, 0.6) is 23.0 Å². The molecule has 0 aliphatic heterocycles. The van der Waals surface area contributed by atoms with Crippen LogP contribution in [-0.2, 0) is 0 Å². The molecule has 0 unspecified atom stereocenters. The largest absolute Gasteiger partial charge is 0.504 e. The molecule has 6 rings (SSSR count). The van der Waals surface area contributed by atoms with Crippen molar-refractivity contribution in [2.45, 2.75) is 0 Å². The number of ether oxygens (including phenoxy) is 2. The van der Waals surface area contributed by atoms with E-state index in [2.05, 4.69) is 9.97 Å². The van der Waals surface area contributed by atoms with Gasteiger partial charge in [0.25, 0.3) is 0 Å². The number of hydrogen-bond donors (Lipinski definition) is 2. The maximum absolute atomic E-state index is 9.58. The van der Waals surface area contributed by atoms with Gasteiger partial charge in [0, 0.05) is 11.1 Å². The Kier molecular flexibility index (Phi) is 6.71. The molecule has 0 saturated heterocycles. The molecule has 2 heterocycles. The van der Waals surface area contributed by atoms with E-state index in [1.165, 1.54) is 14.2 Å². The number of phenolic OH excluding ortho intramolecular Hbond substituents is 2. The van der Waals surface area contributed by atoms with Gasteiger partial charge in [-0.3, -0.25) is 0 Å². The van der Waals surface area contributed by atoms with Crippen molar-refractivity contribution in [2.24, 2.45) is 0 Å². The summed E-state index contributed by atoms with van der Waals surface area (Å²) in [6, 6.07) is 26.6. The molecule has 0 radical (unpaired) electrons. The van der Waals surface area contributed by atoms with Gasteiger partial charge < -0.3 is 19.7 Å². The van der Waals surface area contributed by atoms with Crippen molar-refractivity contribution in [1.82, 2.24) is 9.97 Å². The molecular weight excluding hydrogens is 492 g/mol. The van der Waals surface area contributed by atoms with Crippen LogP contribution < -0.4 is 9.47 Å². The van der Waals surface area contributed by atoms with Crippen molar-refractivity contribution in [3.8, 4) is 44.1 Å². The van der Waals surface area contributed by atoms with Crippen LogP contribution in [-0.4, -0.2) is 34.4 Å². The van der Waals surface area contributed by atoms with Crippen LogP contribution in [0.2, 0.25) is 0 Å². The van der Waals surface area contributed by atoms with Crippen LogP contribution in [0.3, 0.4) is 0 Å². The van der Waals surface area contributed by atoms with Crippen LogP contribution in [0, 0.1) is 0 Å². The van der Waals surface area contributed by atoms with Crippen molar-refractivity contribution in [3.05, 3.63) is 84.9 Å². The number of nitrogens with zero attached hydrogens (tertiary/aromatic N) is 2. The maximum atomic E-state index is 9.58. The normalized spacial score (nSPS) is 10.7. The first kappa shape index (κ1) is 23.6. The molecule has 0 aliphatic carbocycles. The van der Waals surface area contributed by atoms with Crippen LogP contribution in [0.1, 0.15) is 0 Å². The Balaban J connectivity index is 0.000000148. The fourth-order valence-electron chi connectivity index (χ4n) is 3.61. The van der Waals surface area contributed by atoms with Gasteiger partial charge in [-0.25, -0.2) is 9.97 Å². The predicted octanol–water partition coefficient (Wildman–Crippen LogP) is 7.36. The Morgan fingerprint density at radius 2 is 1.00 bits per heavy atom. The number of fused-ring (bicyclic) bond motifs is 2. The fourth-order valence-corrected chi connectivity index (χ4v) is 5.54. The summed E-state index contributed by atoms with van der Waals surface area (Å²) in [6.07, 6.45) is 0. The van der Waals surface area contributed by atoms with Gasteiger partial charge in [-0.05, 0) is 60.7 Å². The summed E-state index contributed by atoms with van der Waals surface area (Å²) in [5.74, 6) is 1.21. The van der Waals surface area contributed by atoms with Crippen molar-refractivity contribution < 1.29 is 19.7 Å². The van der Waals surface area contributed by atoms with Crippen molar-refractivity contribution in [1.29, 1.82) is 0 Å². The SMILES string of the molecule is COc1cc(-c2nc3ccccc3s2)ccc1O.COc1cc(-c2nc3ccccc3s2)ccc1O. The zero-order valence-electron chi connectivity index (χ0n) is 19.5. The highest BCUT2D eigenvalue weighted by Crippen LogP contribution is 2.36. The van der Waals surface area contributed by atoms with Gasteiger partial charge >= 0.3 is 0 Å². The molecule has 0 atom stereocenters. The smallest absolute Gasteiger partial charge is 0.161 e. The van der Waals surface area contributed by atoms with Crippen LogP contribution in [0.15, 0.2) is 84.9 Å². The van der Waals surface area contributed by atoms with Gasteiger partial charge in [0.2, 0.25) is 0 Å². The number of methoxy groups -OCH3 is 2. The van der Waals surface area contributed by atoms with E-state index in [-0.39, 0.29) is 11.5 Å². The number of thiazole rings is 2. The summed E-state index contributed by atoms with van der Waals surface area (Å²) < 4.78 is 12.5. The van der Waals surface area contributed by atoms with Gasteiger partial charge in [-0.2, -0.15) is 0 Å². The number of aromatic hydroxyl groups is 2. The molecule has 4 aromatic carbocycles. The molecule has 36 heavy (non-hydrogen) atoms. The molecule has 6 nitrogen and oxygen atoms in total. The highest BCUT2D eigenvalue weighted by Gasteiger charge is 2.10. The lowest BCUT2D eigenvalue weighted by Gasteiger charge is -2.04. The second-order valence-corrected chi connectivity index (χ2v) is 9.81.